The van der Waals surface area contributed by atoms with E-state index in [1.807, 2.05) is 0 Å². The molecule has 0 amide bonds. The third-order valence-electron chi connectivity index (χ3n) is 4.48. The van der Waals surface area contributed by atoms with Gasteiger partial charge in [0.15, 0.2) is 11.5 Å². The molecule has 0 bridgehead atoms. The van der Waals surface area contributed by atoms with Crippen LogP contribution in [0.1, 0.15) is 30.5 Å². The first kappa shape index (κ1) is 14.9. The Hall–Kier alpha value is -2.01. The summed E-state index contributed by atoms with van der Waals surface area (Å²) < 4.78 is 0. The quantitative estimate of drug-likeness (QED) is 0.651. The minimum Gasteiger partial charge on any atom is -0.504 e. The fourth-order valence-corrected chi connectivity index (χ4v) is 3.20. The molecule has 4 rings (SSSR count). The van der Waals surface area contributed by atoms with E-state index in [1.54, 1.807) is 0 Å². The minimum atomic E-state index is -0.155. The molecular formula is C17H23N3O2. The second-order valence-electron chi connectivity index (χ2n) is 6.17. The molecule has 22 heavy (non-hydrogen) atoms. The first-order valence-electron chi connectivity index (χ1n) is 7.87. The summed E-state index contributed by atoms with van der Waals surface area (Å²) in [7, 11) is 2.17. The molecule has 0 radical (unpaired) electrons. The lowest BCUT2D eigenvalue weighted by molar-refractivity contribution is 0.405. The Kier molecular flexibility index (Phi) is 4.07. The van der Waals surface area contributed by atoms with Gasteiger partial charge in [-0.3, -0.25) is 4.98 Å². The lowest BCUT2D eigenvalue weighted by Gasteiger charge is -2.09. The number of nitrogen functional groups attached to an aromatic ring is 1. The number of benzene rings is 1. The number of rotatable bonds is 0. The molecule has 1 aliphatic heterocycles. The number of phenolic OH excluding ortho intramolecular Hbond substituents is 2. The van der Waals surface area contributed by atoms with Crippen LogP contribution in [0.2, 0.25) is 0 Å². The maximum atomic E-state index is 9.46. The molecule has 0 saturated carbocycles. The van der Waals surface area contributed by atoms with Crippen LogP contribution >= 0.6 is 0 Å². The van der Waals surface area contributed by atoms with E-state index in [1.165, 1.54) is 38.1 Å². The number of anilines is 1. The second kappa shape index (κ2) is 6.01. The molecule has 2 heterocycles. The fourth-order valence-electron chi connectivity index (χ4n) is 3.20. The number of aromatic hydroxyl groups is 2. The van der Waals surface area contributed by atoms with E-state index in [-0.39, 0.29) is 11.5 Å². The van der Waals surface area contributed by atoms with Crippen molar-refractivity contribution in [3.8, 4) is 11.5 Å². The molecule has 5 heteroatoms. The van der Waals surface area contributed by atoms with Gasteiger partial charge < -0.3 is 20.8 Å². The van der Waals surface area contributed by atoms with E-state index in [0.29, 0.717) is 11.2 Å². The summed E-state index contributed by atoms with van der Waals surface area (Å²) >= 11 is 0. The van der Waals surface area contributed by atoms with Crippen molar-refractivity contribution >= 4 is 16.6 Å². The van der Waals surface area contributed by atoms with E-state index in [2.05, 4.69) is 16.9 Å². The van der Waals surface area contributed by atoms with Crippen LogP contribution in [0.5, 0.6) is 11.5 Å². The molecular weight excluding hydrogens is 278 g/mol. The lowest BCUT2D eigenvalue weighted by atomic mass is 10.1. The highest BCUT2D eigenvalue weighted by Crippen LogP contribution is 2.36. The lowest BCUT2D eigenvalue weighted by Crippen LogP contribution is -2.10. The first-order chi connectivity index (χ1) is 10.6. The van der Waals surface area contributed by atoms with E-state index >= 15 is 0 Å². The Morgan fingerprint density at radius 1 is 1.05 bits per heavy atom. The molecule has 1 aromatic carbocycles. The summed E-state index contributed by atoms with van der Waals surface area (Å²) in [5.41, 5.74) is 9.51. The SMILES string of the molecule is CN1CCCC1.Nc1c2c(nc3cc(O)c(O)cc13)CCC2. The van der Waals surface area contributed by atoms with Crippen molar-refractivity contribution in [2.45, 2.75) is 32.1 Å². The van der Waals surface area contributed by atoms with E-state index in [9.17, 15) is 10.2 Å². The van der Waals surface area contributed by atoms with E-state index < -0.39 is 0 Å². The highest BCUT2D eigenvalue weighted by Gasteiger charge is 2.18. The van der Waals surface area contributed by atoms with Crippen molar-refractivity contribution in [3.05, 3.63) is 23.4 Å². The zero-order chi connectivity index (χ0) is 15.7. The van der Waals surface area contributed by atoms with Crippen LogP contribution in [-0.2, 0) is 12.8 Å². The maximum absolute atomic E-state index is 9.46. The molecule has 0 atom stereocenters. The largest absolute Gasteiger partial charge is 0.504 e. The van der Waals surface area contributed by atoms with Crippen LogP contribution < -0.4 is 5.73 Å². The zero-order valence-corrected chi connectivity index (χ0v) is 13.0. The molecule has 0 spiro atoms. The van der Waals surface area contributed by atoms with Gasteiger partial charge in [-0.1, -0.05) is 0 Å². The van der Waals surface area contributed by atoms with Gasteiger partial charge in [-0.25, -0.2) is 0 Å². The monoisotopic (exact) mass is 301 g/mol. The number of nitrogens with two attached hydrogens (primary N) is 1. The number of hydrogen-bond donors (Lipinski definition) is 3. The molecule has 118 valence electrons. The fraction of sp³-hybridized carbons (Fsp3) is 0.471. The van der Waals surface area contributed by atoms with Gasteiger partial charge in [0.1, 0.15) is 0 Å². The summed E-state index contributed by atoms with van der Waals surface area (Å²) in [5.74, 6) is -0.309. The van der Waals surface area contributed by atoms with Gasteiger partial charge in [-0.2, -0.15) is 0 Å². The van der Waals surface area contributed by atoms with Gasteiger partial charge >= 0.3 is 0 Å². The van der Waals surface area contributed by atoms with Gasteiger partial charge in [0.2, 0.25) is 0 Å². The summed E-state index contributed by atoms with van der Waals surface area (Å²) in [4.78, 5) is 6.83. The van der Waals surface area contributed by atoms with Crippen LogP contribution in [0.15, 0.2) is 12.1 Å². The second-order valence-corrected chi connectivity index (χ2v) is 6.17. The predicted octanol–water partition coefficient (Wildman–Crippen LogP) is 2.43. The Morgan fingerprint density at radius 2 is 1.73 bits per heavy atom. The highest BCUT2D eigenvalue weighted by atomic mass is 16.3. The zero-order valence-electron chi connectivity index (χ0n) is 13.0. The number of fused-ring (bicyclic) bond motifs is 2. The Labute approximate surface area is 130 Å². The Morgan fingerprint density at radius 3 is 2.36 bits per heavy atom. The van der Waals surface area contributed by atoms with E-state index in [0.717, 1.165) is 35.9 Å². The number of pyridine rings is 1. The molecule has 1 aliphatic carbocycles. The van der Waals surface area contributed by atoms with Crippen LogP contribution in [-0.4, -0.2) is 40.2 Å². The van der Waals surface area contributed by atoms with Crippen molar-refractivity contribution in [3.63, 3.8) is 0 Å². The summed E-state index contributed by atoms with van der Waals surface area (Å²) in [6.45, 7) is 2.64. The third-order valence-corrected chi connectivity index (χ3v) is 4.48. The Bertz CT molecular complexity index is 694. The van der Waals surface area contributed by atoms with Crippen molar-refractivity contribution in [2.75, 3.05) is 25.9 Å². The average molecular weight is 301 g/mol. The molecule has 2 aromatic rings. The summed E-state index contributed by atoms with van der Waals surface area (Å²) in [5, 5.41) is 19.6. The minimum absolute atomic E-state index is 0.154. The van der Waals surface area contributed by atoms with Gasteiger partial charge in [-0.15, -0.1) is 0 Å². The standard InChI is InChI=1S/C12H12N2O2.C5H11N/c13-12-6-2-1-3-8(6)14-9-5-11(16)10(15)4-7(9)12;1-6-4-2-3-5-6/h4-5,15-16H,1-3H2,(H2,13,14);2-5H2,1H3. The van der Waals surface area contributed by atoms with Crippen LogP contribution in [0.25, 0.3) is 10.9 Å². The van der Waals surface area contributed by atoms with Gasteiger partial charge in [0.05, 0.1) is 5.52 Å². The summed E-state index contributed by atoms with van der Waals surface area (Å²) in [6, 6.07) is 2.94. The molecule has 0 unspecified atom stereocenters. The molecule has 1 aromatic heterocycles. The maximum Gasteiger partial charge on any atom is 0.159 e. The number of nitrogens with zero attached hydrogens (tertiary/aromatic N) is 2. The smallest absolute Gasteiger partial charge is 0.159 e. The van der Waals surface area contributed by atoms with Gasteiger partial charge in [0, 0.05) is 22.8 Å². The van der Waals surface area contributed by atoms with Gasteiger partial charge in [0.25, 0.3) is 0 Å². The average Bonchev–Trinajstić information content (AvgIpc) is 3.13. The molecule has 5 nitrogen and oxygen atoms in total. The summed E-state index contributed by atoms with van der Waals surface area (Å²) in [6.07, 6.45) is 5.79. The molecule has 2 aliphatic rings. The van der Waals surface area contributed by atoms with Gasteiger partial charge in [-0.05, 0) is 63.9 Å². The number of hydrogen-bond acceptors (Lipinski definition) is 5. The predicted molar refractivity (Wildman–Crippen MR) is 88.2 cm³/mol. The molecule has 4 N–H and O–H groups in total. The van der Waals surface area contributed by atoms with Crippen LogP contribution in [0.3, 0.4) is 0 Å². The molecule has 1 fully saturated rings. The number of phenols is 2. The first-order valence-corrected chi connectivity index (χ1v) is 7.87. The van der Waals surface area contributed by atoms with Crippen molar-refractivity contribution in [2.24, 2.45) is 0 Å². The number of aryl methyl sites for hydroxylation is 1. The number of likely N-dealkylation sites (tertiary alicyclic amines) is 1. The van der Waals surface area contributed by atoms with Crippen molar-refractivity contribution in [1.82, 2.24) is 9.88 Å². The third kappa shape index (κ3) is 2.81. The van der Waals surface area contributed by atoms with Crippen molar-refractivity contribution < 1.29 is 10.2 Å². The topological polar surface area (TPSA) is 82.6 Å². The Balaban J connectivity index is 0.000000202. The van der Waals surface area contributed by atoms with Crippen LogP contribution in [0.4, 0.5) is 5.69 Å². The van der Waals surface area contributed by atoms with Crippen LogP contribution in [0, 0.1) is 0 Å². The number of aromatic nitrogens is 1. The highest BCUT2D eigenvalue weighted by molar-refractivity contribution is 5.94. The molecule has 1 saturated heterocycles. The normalized spacial score (nSPS) is 17.3. The van der Waals surface area contributed by atoms with E-state index in [4.69, 9.17) is 5.73 Å². The van der Waals surface area contributed by atoms with Crippen molar-refractivity contribution in [1.29, 1.82) is 0 Å².